The van der Waals surface area contributed by atoms with E-state index in [1.54, 1.807) is 13.2 Å². The van der Waals surface area contributed by atoms with Gasteiger partial charge in [0.15, 0.2) is 11.9 Å². The molecule has 0 spiro atoms. The second-order valence-electron chi connectivity index (χ2n) is 3.68. The lowest BCUT2D eigenvalue weighted by Crippen LogP contribution is -2.14. The van der Waals surface area contributed by atoms with Crippen molar-refractivity contribution in [2.75, 3.05) is 6.26 Å². The Balaban J connectivity index is 3.19. The summed E-state index contributed by atoms with van der Waals surface area (Å²) in [7, 11) is 0. The monoisotopic (exact) mass is 288 g/mol. The third-order valence-corrected chi connectivity index (χ3v) is 3.38. The van der Waals surface area contributed by atoms with Crippen LogP contribution in [0.1, 0.15) is 28.9 Å². The molecule has 0 saturated heterocycles. The quantitative estimate of drug-likeness (QED) is 0.494. The summed E-state index contributed by atoms with van der Waals surface area (Å²) in [6, 6.07) is 4.41. The van der Waals surface area contributed by atoms with Gasteiger partial charge < -0.3 is 10.2 Å². The first-order valence-corrected chi connectivity index (χ1v) is 6.81. The lowest BCUT2D eigenvalue weighted by Gasteiger charge is -2.12. The predicted octanol–water partition coefficient (Wildman–Crippen LogP) is 2.34. The smallest absolute Gasteiger partial charge is 0.337 e. The molecular formula is C12H13ClO4S. The molecule has 0 aliphatic heterocycles. The van der Waals surface area contributed by atoms with Crippen molar-refractivity contribution < 1.29 is 19.8 Å². The number of benzene rings is 1. The van der Waals surface area contributed by atoms with E-state index >= 15 is 0 Å². The summed E-state index contributed by atoms with van der Waals surface area (Å²) in [6.07, 6.45) is 0.176. The fourth-order valence-corrected chi connectivity index (χ4v) is 2.20. The molecule has 0 aliphatic rings. The summed E-state index contributed by atoms with van der Waals surface area (Å²) >= 11 is 7.04. The first kappa shape index (κ1) is 15.0. The van der Waals surface area contributed by atoms with Crippen molar-refractivity contribution in [1.82, 2.24) is 0 Å². The molecule has 98 valence electrons. The second-order valence-corrected chi connectivity index (χ2v) is 5.18. The zero-order chi connectivity index (χ0) is 13.9. The van der Waals surface area contributed by atoms with Gasteiger partial charge in [0, 0.05) is 10.5 Å². The van der Waals surface area contributed by atoms with Gasteiger partial charge in [-0.2, -0.15) is 0 Å². The predicted molar refractivity (Wildman–Crippen MR) is 70.5 cm³/mol. The average Bonchev–Trinajstić information content (AvgIpc) is 2.35. The Morgan fingerprint density at radius 3 is 2.44 bits per heavy atom. The number of ketones is 1. The van der Waals surface area contributed by atoms with Gasteiger partial charge in [0.1, 0.15) is 0 Å². The van der Waals surface area contributed by atoms with Crippen molar-refractivity contribution in [3.63, 3.8) is 0 Å². The van der Waals surface area contributed by atoms with E-state index < -0.39 is 17.5 Å². The van der Waals surface area contributed by atoms with Crippen molar-refractivity contribution in [3.8, 4) is 0 Å². The number of carbonyl (C=O) groups excluding carboxylic acids is 1. The first-order valence-electron chi connectivity index (χ1n) is 5.15. The molecule has 0 aliphatic carbocycles. The number of aliphatic hydroxyl groups is 1. The topological polar surface area (TPSA) is 74.6 Å². The summed E-state index contributed by atoms with van der Waals surface area (Å²) < 4.78 is 0. The fourth-order valence-electron chi connectivity index (χ4n) is 1.44. The Kier molecular flexibility index (Phi) is 5.19. The molecule has 6 heteroatoms. The molecule has 2 N–H and O–H groups in total. The van der Waals surface area contributed by atoms with Gasteiger partial charge in [-0.3, -0.25) is 4.79 Å². The Hall–Kier alpha value is -1.04. The zero-order valence-electron chi connectivity index (χ0n) is 9.88. The van der Waals surface area contributed by atoms with Crippen LogP contribution in [0, 0.1) is 0 Å². The van der Waals surface area contributed by atoms with Crippen LogP contribution in [-0.2, 0) is 4.79 Å². The highest BCUT2D eigenvalue weighted by Gasteiger charge is 2.20. The molecule has 0 aromatic heterocycles. The van der Waals surface area contributed by atoms with Crippen LogP contribution in [0.2, 0.25) is 0 Å². The molecule has 18 heavy (non-hydrogen) atoms. The Labute approximate surface area is 114 Å². The maximum absolute atomic E-state index is 11.8. The van der Waals surface area contributed by atoms with E-state index in [9.17, 15) is 14.7 Å². The largest absolute Gasteiger partial charge is 0.479 e. The maximum Gasteiger partial charge on any atom is 0.337 e. The van der Waals surface area contributed by atoms with Crippen molar-refractivity contribution in [2.45, 2.75) is 23.3 Å². The number of aliphatic carboxylic acids is 1. The van der Waals surface area contributed by atoms with E-state index in [1.165, 1.54) is 30.0 Å². The number of Topliss-reactive ketones (excluding diaryl/α,β-unsaturated/α-hetero) is 1. The number of thioether (sulfide) groups is 1. The minimum absolute atomic E-state index is 0.225. The fraction of sp³-hybridized carbons (Fsp3) is 0.333. The molecule has 1 aromatic rings. The molecule has 0 amide bonds. The minimum atomic E-state index is -1.59. The van der Waals surface area contributed by atoms with Crippen LogP contribution in [0.3, 0.4) is 0 Å². The highest BCUT2D eigenvalue weighted by molar-refractivity contribution is 7.98. The lowest BCUT2D eigenvalue weighted by molar-refractivity contribution is -0.146. The highest BCUT2D eigenvalue weighted by atomic mass is 35.5. The van der Waals surface area contributed by atoms with Gasteiger partial charge in [-0.1, -0.05) is 6.07 Å². The van der Waals surface area contributed by atoms with Crippen molar-refractivity contribution in [3.05, 3.63) is 29.3 Å². The van der Waals surface area contributed by atoms with Crippen LogP contribution in [0.5, 0.6) is 0 Å². The van der Waals surface area contributed by atoms with E-state index in [0.29, 0.717) is 10.5 Å². The molecule has 0 fully saturated rings. The van der Waals surface area contributed by atoms with Crippen molar-refractivity contribution >= 4 is 35.1 Å². The Morgan fingerprint density at radius 2 is 2.00 bits per heavy atom. The van der Waals surface area contributed by atoms with Crippen molar-refractivity contribution in [2.24, 2.45) is 0 Å². The second kappa shape index (κ2) is 6.22. The number of rotatable bonds is 5. The van der Waals surface area contributed by atoms with Crippen molar-refractivity contribution in [1.29, 1.82) is 0 Å². The summed E-state index contributed by atoms with van der Waals surface area (Å²) in [6.45, 7) is 1.58. The van der Waals surface area contributed by atoms with E-state index in [4.69, 9.17) is 16.7 Å². The number of carbonyl (C=O) groups is 2. The Morgan fingerprint density at radius 1 is 1.39 bits per heavy atom. The van der Waals surface area contributed by atoms with Gasteiger partial charge in [-0.05, 0) is 30.9 Å². The van der Waals surface area contributed by atoms with Gasteiger partial charge in [-0.15, -0.1) is 23.4 Å². The molecule has 0 radical (unpaired) electrons. The number of aliphatic hydroxyl groups excluding tert-OH is 1. The van der Waals surface area contributed by atoms with E-state index in [0.717, 1.165) is 0 Å². The highest BCUT2D eigenvalue weighted by Crippen LogP contribution is 2.26. The van der Waals surface area contributed by atoms with E-state index in [2.05, 4.69) is 0 Å². The number of halogens is 1. The average molecular weight is 289 g/mol. The summed E-state index contributed by atoms with van der Waals surface area (Å²) in [5, 5.41) is 17.5. The number of hydrogen-bond acceptors (Lipinski definition) is 4. The third-order valence-electron chi connectivity index (χ3n) is 2.40. The number of alkyl halides is 1. The van der Waals surface area contributed by atoms with Crippen LogP contribution in [0.4, 0.5) is 0 Å². The van der Waals surface area contributed by atoms with Crippen LogP contribution < -0.4 is 0 Å². The van der Waals surface area contributed by atoms with Gasteiger partial charge in [0.05, 0.1) is 5.38 Å². The van der Waals surface area contributed by atoms with E-state index in [-0.39, 0.29) is 11.3 Å². The molecule has 2 unspecified atom stereocenters. The van der Waals surface area contributed by atoms with E-state index in [1.807, 2.05) is 0 Å². The SMILES string of the molecule is CSc1cc(C(O)C(=O)O)ccc1C(=O)C(C)Cl. The summed E-state index contributed by atoms with van der Waals surface area (Å²) in [5.41, 5.74) is 0.678. The molecule has 0 bridgehead atoms. The molecule has 0 heterocycles. The molecule has 1 rings (SSSR count). The number of hydrogen-bond donors (Lipinski definition) is 2. The third kappa shape index (κ3) is 3.25. The van der Waals surface area contributed by atoms with Gasteiger partial charge in [-0.25, -0.2) is 4.79 Å². The minimum Gasteiger partial charge on any atom is -0.479 e. The van der Waals surface area contributed by atoms with Crippen LogP contribution in [0.15, 0.2) is 23.1 Å². The van der Waals surface area contributed by atoms with Gasteiger partial charge >= 0.3 is 5.97 Å². The van der Waals surface area contributed by atoms with Gasteiger partial charge in [0.2, 0.25) is 0 Å². The molecule has 2 atom stereocenters. The summed E-state index contributed by atoms with van der Waals surface area (Å²) in [5.74, 6) is -1.55. The maximum atomic E-state index is 11.8. The van der Waals surface area contributed by atoms with Gasteiger partial charge in [0.25, 0.3) is 0 Å². The molecule has 1 aromatic carbocycles. The molecule has 0 saturated carbocycles. The Bertz CT molecular complexity index is 473. The standard InChI is InChI=1S/C12H13ClO4S/c1-6(13)10(14)8-4-3-7(5-9(8)18-2)11(15)12(16)17/h3-6,11,15H,1-2H3,(H,16,17). The van der Waals surface area contributed by atoms with Crippen LogP contribution in [-0.4, -0.2) is 33.6 Å². The summed E-state index contributed by atoms with van der Waals surface area (Å²) in [4.78, 5) is 23.1. The number of carboxylic acids is 1. The normalized spacial score (nSPS) is 14.0. The first-order chi connectivity index (χ1) is 8.38. The molecule has 4 nitrogen and oxygen atoms in total. The van der Waals surface area contributed by atoms with Crippen LogP contribution >= 0.6 is 23.4 Å². The number of carboxylic acid groups (broad SMARTS) is 1. The van der Waals surface area contributed by atoms with Crippen LogP contribution in [0.25, 0.3) is 0 Å². The lowest BCUT2D eigenvalue weighted by atomic mass is 10.0. The molecular weight excluding hydrogens is 276 g/mol. The zero-order valence-corrected chi connectivity index (χ0v) is 11.5.